The van der Waals surface area contributed by atoms with E-state index in [0.29, 0.717) is 6.04 Å². The first-order valence-electron chi connectivity index (χ1n) is 8.27. The highest BCUT2D eigenvalue weighted by Gasteiger charge is 2.22. The Bertz CT molecular complexity index is 357. The summed E-state index contributed by atoms with van der Waals surface area (Å²) >= 11 is 0. The second-order valence-corrected chi connectivity index (χ2v) is 6.22. The average Bonchev–Trinajstić information content (AvgIpc) is 2.97. The SMILES string of the molecule is CCCNCC(c1ccccc1)N(C)CC1CCCC1. The molecule has 0 bridgehead atoms. The molecular weight excluding hydrogens is 244 g/mol. The van der Waals surface area contributed by atoms with Crippen LogP contribution in [0.2, 0.25) is 0 Å². The number of rotatable bonds is 8. The molecule has 112 valence electrons. The summed E-state index contributed by atoms with van der Waals surface area (Å²) in [5.41, 5.74) is 1.44. The third-order valence-electron chi connectivity index (χ3n) is 4.50. The number of nitrogens with zero attached hydrogens (tertiary/aromatic N) is 1. The van der Waals surface area contributed by atoms with Gasteiger partial charge >= 0.3 is 0 Å². The Hall–Kier alpha value is -0.860. The molecule has 1 unspecified atom stereocenters. The predicted octanol–water partition coefficient (Wildman–Crippen LogP) is 3.85. The lowest BCUT2D eigenvalue weighted by Crippen LogP contribution is -2.36. The molecule has 1 aromatic rings. The first-order valence-corrected chi connectivity index (χ1v) is 8.27. The molecule has 1 atom stereocenters. The largest absolute Gasteiger partial charge is 0.315 e. The smallest absolute Gasteiger partial charge is 0.0469 e. The summed E-state index contributed by atoms with van der Waals surface area (Å²) in [5, 5.41) is 3.60. The minimum absolute atomic E-state index is 0.503. The fraction of sp³-hybridized carbons (Fsp3) is 0.667. The van der Waals surface area contributed by atoms with Crippen LogP contribution < -0.4 is 5.32 Å². The Balaban J connectivity index is 1.96. The molecule has 0 aliphatic heterocycles. The zero-order valence-corrected chi connectivity index (χ0v) is 13.1. The molecule has 1 fully saturated rings. The molecule has 1 aliphatic carbocycles. The minimum Gasteiger partial charge on any atom is -0.315 e. The fourth-order valence-corrected chi connectivity index (χ4v) is 3.35. The second kappa shape index (κ2) is 8.43. The fourth-order valence-electron chi connectivity index (χ4n) is 3.35. The van der Waals surface area contributed by atoms with Crippen LogP contribution in [0.1, 0.15) is 50.6 Å². The lowest BCUT2D eigenvalue weighted by Gasteiger charge is -2.31. The summed E-state index contributed by atoms with van der Waals surface area (Å²) in [6.07, 6.45) is 6.92. The van der Waals surface area contributed by atoms with Crippen LogP contribution in [0, 0.1) is 5.92 Å². The standard InChI is InChI=1S/C18H30N2/c1-3-13-19-14-18(17-11-5-4-6-12-17)20(2)15-16-9-7-8-10-16/h4-6,11-12,16,18-19H,3,7-10,13-15H2,1-2H3. The molecule has 1 aromatic carbocycles. The van der Waals surface area contributed by atoms with Gasteiger partial charge in [-0.25, -0.2) is 0 Å². The lowest BCUT2D eigenvalue weighted by atomic mass is 10.0. The van der Waals surface area contributed by atoms with Crippen LogP contribution in [-0.4, -0.2) is 31.6 Å². The highest BCUT2D eigenvalue weighted by atomic mass is 15.1. The number of likely N-dealkylation sites (N-methyl/N-ethyl adjacent to an activating group) is 1. The molecule has 2 heteroatoms. The number of benzene rings is 1. The monoisotopic (exact) mass is 274 g/mol. The predicted molar refractivity (Wildman–Crippen MR) is 86.9 cm³/mol. The van der Waals surface area contributed by atoms with Gasteiger partial charge in [0.05, 0.1) is 0 Å². The van der Waals surface area contributed by atoms with Crippen molar-refractivity contribution >= 4 is 0 Å². The van der Waals surface area contributed by atoms with Gasteiger partial charge in [-0.2, -0.15) is 0 Å². The van der Waals surface area contributed by atoms with Crippen LogP contribution in [0.3, 0.4) is 0 Å². The molecule has 0 amide bonds. The van der Waals surface area contributed by atoms with E-state index in [4.69, 9.17) is 0 Å². The van der Waals surface area contributed by atoms with Crippen LogP contribution in [0.25, 0.3) is 0 Å². The molecule has 20 heavy (non-hydrogen) atoms. The molecule has 0 heterocycles. The third-order valence-corrected chi connectivity index (χ3v) is 4.50. The Labute approximate surface area is 124 Å². The van der Waals surface area contributed by atoms with Gasteiger partial charge in [0.2, 0.25) is 0 Å². The topological polar surface area (TPSA) is 15.3 Å². The van der Waals surface area contributed by atoms with Crippen molar-refractivity contribution in [1.29, 1.82) is 0 Å². The van der Waals surface area contributed by atoms with Crippen molar-refractivity contribution < 1.29 is 0 Å². The van der Waals surface area contributed by atoms with Crippen LogP contribution in [-0.2, 0) is 0 Å². The second-order valence-electron chi connectivity index (χ2n) is 6.22. The van der Waals surface area contributed by atoms with Gasteiger partial charge in [0.1, 0.15) is 0 Å². The van der Waals surface area contributed by atoms with Crippen molar-refractivity contribution in [3.8, 4) is 0 Å². The maximum atomic E-state index is 3.60. The highest BCUT2D eigenvalue weighted by Crippen LogP contribution is 2.28. The third kappa shape index (κ3) is 4.60. The van der Waals surface area contributed by atoms with E-state index in [1.54, 1.807) is 0 Å². The molecular formula is C18H30N2. The van der Waals surface area contributed by atoms with Crippen LogP contribution in [0.15, 0.2) is 30.3 Å². The van der Waals surface area contributed by atoms with E-state index < -0.39 is 0 Å². The average molecular weight is 274 g/mol. The summed E-state index contributed by atoms with van der Waals surface area (Å²) in [5.74, 6) is 0.914. The summed E-state index contributed by atoms with van der Waals surface area (Å²) in [7, 11) is 2.30. The maximum Gasteiger partial charge on any atom is 0.0469 e. The number of hydrogen-bond donors (Lipinski definition) is 1. The summed E-state index contributed by atoms with van der Waals surface area (Å²) in [6.45, 7) is 5.64. The summed E-state index contributed by atoms with van der Waals surface area (Å²) in [6, 6.07) is 11.5. The van der Waals surface area contributed by atoms with Gasteiger partial charge in [0.15, 0.2) is 0 Å². The highest BCUT2D eigenvalue weighted by molar-refractivity contribution is 5.19. The van der Waals surface area contributed by atoms with Gasteiger partial charge in [-0.15, -0.1) is 0 Å². The number of nitrogens with one attached hydrogen (secondary N) is 1. The Morgan fingerprint density at radius 3 is 2.55 bits per heavy atom. The van der Waals surface area contributed by atoms with Gasteiger partial charge in [0.25, 0.3) is 0 Å². The normalized spacial score (nSPS) is 17.8. The van der Waals surface area contributed by atoms with E-state index in [2.05, 4.69) is 54.5 Å². The first-order chi connectivity index (χ1) is 9.81. The Morgan fingerprint density at radius 1 is 1.20 bits per heavy atom. The van der Waals surface area contributed by atoms with Crippen molar-refractivity contribution in [2.24, 2.45) is 5.92 Å². The first kappa shape index (κ1) is 15.5. The lowest BCUT2D eigenvalue weighted by molar-refractivity contribution is 0.203. The van der Waals surface area contributed by atoms with E-state index in [-0.39, 0.29) is 0 Å². The molecule has 0 aromatic heterocycles. The van der Waals surface area contributed by atoms with Gasteiger partial charge in [-0.05, 0) is 44.3 Å². The zero-order valence-electron chi connectivity index (χ0n) is 13.1. The van der Waals surface area contributed by atoms with E-state index in [9.17, 15) is 0 Å². The van der Waals surface area contributed by atoms with Crippen molar-refractivity contribution in [2.75, 3.05) is 26.7 Å². The van der Waals surface area contributed by atoms with Gasteiger partial charge in [-0.1, -0.05) is 50.1 Å². The van der Waals surface area contributed by atoms with Gasteiger partial charge in [0, 0.05) is 19.1 Å². The van der Waals surface area contributed by atoms with Gasteiger partial charge in [-0.3, -0.25) is 4.90 Å². The molecule has 0 spiro atoms. The van der Waals surface area contributed by atoms with Crippen molar-refractivity contribution in [1.82, 2.24) is 10.2 Å². The Kier molecular flexibility index (Phi) is 6.55. The van der Waals surface area contributed by atoms with Crippen LogP contribution in [0.4, 0.5) is 0 Å². The number of hydrogen-bond acceptors (Lipinski definition) is 2. The van der Waals surface area contributed by atoms with Crippen molar-refractivity contribution in [3.05, 3.63) is 35.9 Å². The molecule has 0 radical (unpaired) electrons. The maximum absolute atomic E-state index is 3.60. The molecule has 2 rings (SSSR count). The molecule has 2 nitrogen and oxygen atoms in total. The molecule has 0 saturated heterocycles. The van der Waals surface area contributed by atoms with Crippen molar-refractivity contribution in [2.45, 2.75) is 45.1 Å². The minimum atomic E-state index is 0.503. The van der Waals surface area contributed by atoms with Gasteiger partial charge < -0.3 is 5.32 Å². The van der Waals surface area contributed by atoms with E-state index in [1.165, 1.54) is 44.2 Å². The van der Waals surface area contributed by atoms with E-state index in [0.717, 1.165) is 19.0 Å². The molecule has 1 N–H and O–H groups in total. The van der Waals surface area contributed by atoms with Crippen LogP contribution in [0.5, 0.6) is 0 Å². The summed E-state index contributed by atoms with van der Waals surface area (Å²) < 4.78 is 0. The van der Waals surface area contributed by atoms with Crippen molar-refractivity contribution in [3.63, 3.8) is 0 Å². The molecule has 1 aliphatic rings. The van der Waals surface area contributed by atoms with E-state index in [1.807, 2.05) is 0 Å². The quantitative estimate of drug-likeness (QED) is 0.724. The molecule has 1 saturated carbocycles. The zero-order chi connectivity index (χ0) is 14.2. The van der Waals surface area contributed by atoms with Crippen LogP contribution >= 0.6 is 0 Å². The summed E-state index contributed by atoms with van der Waals surface area (Å²) in [4.78, 5) is 2.56. The Morgan fingerprint density at radius 2 is 1.90 bits per heavy atom. The van der Waals surface area contributed by atoms with E-state index >= 15 is 0 Å².